The molecule has 0 aliphatic rings. The van der Waals surface area contributed by atoms with Crippen LogP contribution >= 0.6 is 0 Å². The summed E-state index contributed by atoms with van der Waals surface area (Å²) in [5.41, 5.74) is 1.69. The van der Waals surface area contributed by atoms with Gasteiger partial charge in [-0.15, -0.1) is 0 Å². The zero-order chi connectivity index (χ0) is 36.4. The lowest BCUT2D eigenvalue weighted by Crippen LogP contribution is -2.23. The molecule has 5 aromatic rings. The van der Waals surface area contributed by atoms with E-state index < -0.39 is 10.0 Å². The van der Waals surface area contributed by atoms with Crippen LogP contribution in [0.4, 0.5) is 5.82 Å². The van der Waals surface area contributed by atoms with Gasteiger partial charge in [0, 0.05) is 25.4 Å². The second kappa shape index (κ2) is 16.3. The van der Waals surface area contributed by atoms with Crippen molar-refractivity contribution < 1.29 is 32.2 Å². The molecule has 3 aromatic carbocycles. The number of benzene rings is 3. The fraction of sp³-hybridized carbons (Fsp3) is 0.270. The van der Waals surface area contributed by atoms with Crippen LogP contribution in [0.25, 0.3) is 11.6 Å². The summed E-state index contributed by atoms with van der Waals surface area (Å²) >= 11 is 0. The highest BCUT2D eigenvalue weighted by Crippen LogP contribution is 2.41. The van der Waals surface area contributed by atoms with E-state index in [0.717, 1.165) is 11.1 Å². The lowest BCUT2D eigenvalue weighted by molar-refractivity contribution is -0.121. The minimum absolute atomic E-state index is 0.0114. The van der Waals surface area contributed by atoms with Crippen molar-refractivity contribution >= 4 is 21.7 Å². The highest BCUT2D eigenvalue weighted by Gasteiger charge is 2.26. The minimum Gasteiger partial charge on any atom is -0.497 e. The number of ether oxygens (including phenoxy) is 4. The number of carbonyl (C=O) groups excluding carboxylic acids is 1. The average Bonchev–Trinajstić information content (AvgIpc) is 3.13. The molecule has 14 heteroatoms. The van der Waals surface area contributed by atoms with E-state index in [4.69, 9.17) is 18.9 Å². The summed E-state index contributed by atoms with van der Waals surface area (Å²) in [4.78, 5) is 30.2. The molecular weight excluding hydrogens is 673 g/mol. The second-order valence-electron chi connectivity index (χ2n) is 12.3. The maximum absolute atomic E-state index is 13.8. The van der Waals surface area contributed by atoms with Gasteiger partial charge in [0.25, 0.3) is 15.9 Å². The number of sulfonamides is 1. The van der Waals surface area contributed by atoms with Gasteiger partial charge in [-0.2, -0.15) is 4.98 Å². The van der Waals surface area contributed by atoms with Gasteiger partial charge in [-0.3, -0.25) is 9.52 Å². The van der Waals surface area contributed by atoms with Crippen molar-refractivity contribution in [2.75, 3.05) is 25.5 Å². The van der Waals surface area contributed by atoms with Crippen molar-refractivity contribution in [1.82, 2.24) is 25.3 Å². The van der Waals surface area contributed by atoms with Crippen LogP contribution in [0.3, 0.4) is 0 Å². The Bertz CT molecular complexity index is 2060. The Morgan fingerprint density at radius 1 is 0.824 bits per heavy atom. The maximum atomic E-state index is 13.8. The van der Waals surface area contributed by atoms with Crippen LogP contribution in [0.1, 0.15) is 44.7 Å². The monoisotopic (exact) mass is 712 g/mol. The van der Waals surface area contributed by atoms with Gasteiger partial charge in [0.15, 0.2) is 23.1 Å². The summed E-state index contributed by atoms with van der Waals surface area (Å²) < 4.78 is 53.3. The Kier molecular flexibility index (Phi) is 11.7. The van der Waals surface area contributed by atoms with Gasteiger partial charge in [0.1, 0.15) is 5.75 Å². The van der Waals surface area contributed by atoms with Crippen molar-refractivity contribution in [2.24, 2.45) is 0 Å². The Morgan fingerprint density at radius 2 is 1.55 bits per heavy atom. The zero-order valence-electron chi connectivity index (χ0n) is 29.0. The molecule has 2 heterocycles. The summed E-state index contributed by atoms with van der Waals surface area (Å²) in [7, 11) is -1.13. The standard InChI is InChI=1S/C37H40N6O7S/c1-37(2,3)26-16-18-28(19-17-26)51(45,46)43-33-32(50-30-14-7-6-13-29(30)48-5)36(42-35(41-33)34-38-20-10-21-39-34)49-22-9-15-31(44)40-24-25-11-8-12-27(23-25)47-4/h6-8,10-14,16-21,23H,9,15,22,24H2,1-5H3,(H,40,44)(H,41,42,43). The SMILES string of the molecule is COc1cccc(CNC(=O)CCCOc2nc(-c3ncccn3)nc(NS(=O)(=O)c3ccc(C(C)(C)C)cc3)c2Oc2ccccc2OC)c1. The number of hydrogen-bond donors (Lipinski definition) is 2. The normalized spacial score (nSPS) is 11.4. The Labute approximate surface area is 297 Å². The van der Waals surface area contributed by atoms with Crippen molar-refractivity contribution in [3.63, 3.8) is 0 Å². The molecule has 13 nitrogen and oxygen atoms in total. The van der Waals surface area contributed by atoms with Gasteiger partial charge in [0.05, 0.1) is 25.7 Å². The maximum Gasteiger partial charge on any atom is 0.263 e. The molecule has 0 bridgehead atoms. The number of para-hydroxylation sites is 2. The lowest BCUT2D eigenvalue weighted by Gasteiger charge is -2.20. The number of nitrogens with zero attached hydrogens (tertiary/aromatic N) is 4. The molecule has 0 unspecified atom stereocenters. The first-order valence-corrected chi connectivity index (χ1v) is 17.6. The van der Waals surface area contributed by atoms with E-state index in [0.29, 0.717) is 24.5 Å². The van der Waals surface area contributed by atoms with Crippen LogP contribution in [0.2, 0.25) is 0 Å². The van der Waals surface area contributed by atoms with E-state index >= 15 is 0 Å². The molecule has 266 valence electrons. The molecule has 0 saturated heterocycles. The summed E-state index contributed by atoms with van der Waals surface area (Å²) in [5.74, 6) is 0.803. The van der Waals surface area contributed by atoms with Crippen LogP contribution < -0.4 is 29.0 Å². The Morgan fingerprint density at radius 3 is 2.24 bits per heavy atom. The second-order valence-corrected chi connectivity index (χ2v) is 14.0. The molecule has 5 rings (SSSR count). The highest BCUT2D eigenvalue weighted by molar-refractivity contribution is 7.92. The topological polar surface area (TPSA) is 164 Å². The molecular formula is C37H40N6O7S. The van der Waals surface area contributed by atoms with E-state index in [1.807, 2.05) is 45.0 Å². The van der Waals surface area contributed by atoms with Gasteiger partial charge in [0.2, 0.25) is 17.5 Å². The molecule has 51 heavy (non-hydrogen) atoms. The van der Waals surface area contributed by atoms with Crippen molar-refractivity contribution in [1.29, 1.82) is 0 Å². The average molecular weight is 713 g/mol. The summed E-state index contributed by atoms with van der Waals surface area (Å²) in [6.45, 7) is 6.49. The van der Waals surface area contributed by atoms with Gasteiger partial charge in [-0.25, -0.2) is 23.4 Å². The van der Waals surface area contributed by atoms with Crippen molar-refractivity contribution in [3.8, 4) is 40.5 Å². The first-order chi connectivity index (χ1) is 24.5. The number of methoxy groups -OCH3 is 2. The molecule has 0 fully saturated rings. The van der Waals surface area contributed by atoms with Crippen LogP contribution in [0, 0.1) is 0 Å². The highest BCUT2D eigenvalue weighted by atomic mass is 32.2. The van der Waals surface area contributed by atoms with Gasteiger partial charge in [-0.1, -0.05) is 57.2 Å². The minimum atomic E-state index is -4.20. The van der Waals surface area contributed by atoms with Crippen molar-refractivity contribution in [3.05, 3.63) is 102 Å². The predicted molar refractivity (Wildman–Crippen MR) is 192 cm³/mol. The molecule has 0 saturated carbocycles. The Balaban J connectivity index is 1.45. The smallest absolute Gasteiger partial charge is 0.263 e. The van der Waals surface area contributed by atoms with E-state index in [9.17, 15) is 13.2 Å². The number of hydrogen-bond acceptors (Lipinski definition) is 11. The zero-order valence-corrected chi connectivity index (χ0v) is 29.9. The van der Waals surface area contributed by atoms with Crippen molar-refractivity contribution in [2.45, 2.75) is 50.5 Å². The number of aromatic nitrogens is 4. The fourth-order valence-electron chi connectivity index (χ4n) is 4.81. The van der Waals surface area contributed by atoms with Crippen LogP contribution in [0.5, 0.6) is 28.9 Å². The molecule has 0 atom stereocenters. The van der Waals surface area contributed by atoms with Crippen LogP contribution in [-0.2, 0) is 26.8 Å². The number of anilines is 1. The molecule has 2 N–H and O–H groups in total. The van der Waals surface area contributed by atoms with Gasteiger partial charge >= 0.3 is 0 Å². The number of carbonyl (C=O) groups is 1. The predicted octanol–water partition coefficient (Wildman–Crippen LogP) is 6.32. The van der Waals surface area contributed by atoms with E-state index in [-0.39, 0.29) is 64.1 Å². The van der Waals surface area contributed by atoms with Gasteiger partial charge in [-0.05, 0) is 65.4 Å². The third-order valence-electron chi connectivity index (χ3n) is 7.55. The number of rotatable bonds is 15. The van der Waals surface area contributed by atoms with Crippen LogP contribution in [-0.4, -0.2) is 55.1 Å². The Hall–Kier alpha value is -5.76. The first-order valence-electron chi connectivity index (χ1n) is 16.1. The molecule has 0 radical (unpaired) electrons. The largest absolute Gasteiger partial charge is 0.497 e. The number of nitrogens with one attached hydrogen (secondary N) is 2. The molecule has 1 amide bonds. The summed E-state index contributed by atoms with van der Waals surface area (Å²) in [6.07, 6.45) is 3.48. The third kappa shape index (κ3) is 9.69. The van der Waals surface area contributed by atoms with E-state index in [1.54, 1.807) is 49.6 Å². The van der Waals surface area contributed by atoms with Gasteiger partial charge < -0.3 is 24.3 Å². The molecule has 0 spiro atoms. The molecule has 2 aromatic heterocycles. The number of amides is 1. The quantitative estimate of drug-likeness (QED) is 0.117. The summed E-state index contributed by atoms with van der Waals surface area (Å²) in [5, 5.41) is 2.89. The molecule has 0 aliphatic heterocycles. The first kappa shape index (κ1) is 36.5. The van der Waals surface area contributed by atoms with E-state index in [2.05, 4.69) is 30.0 Å². The fourth-order valence-corrected chi connectivity index (χ4v) is 5.81. The molecule has 0 aliphatic carbocycles. The lowest BCUT2D eigenvalue weighted by atomic mass is 9.87. The third-order valence-corrected chi connectivity index (χ3v) is 8.91. The summed E-state index contributed by atoms with van der Waals surface area (Å²) in [6, 6.07) is 22.5. The van der Waals surface area contributed by atoms with Crippen LogP contribution in [0.15, 0.2) is 96.2 Å². The van der Waals surface area contributed by atoms with E-state index in [1.165, 1.54) is 31.6 Å².